The monoisotopic (exact) mass is 481 g/mol. The van der Waals surface area contributed by atoms with Gasteiger partial charge in [-0.1, -0.05) is 54.6 Å². The van der Waals surface area contributed by atoms with Gasteiger partial charge < -0.3 is 14.8 Å². The summed E-state index contributed by atoms with van der Waals surface area (Å²) in [5.74, 6) is -0.0702. The molecule has 2 N–H and O–H groups in total. The van der Waals surface area contributed by atoms with Crippen LogP contribution in [-0.4, -0.2) is 26.4 Å². The first-order valence-electron chi connectivity index (χ1n) is 12.6. The fourth-order valence-electron chi connectivity index (χ4n) is 5.26. The number of carbonyl (C=O) groups excluding carboxylic acids is 1. The second kappa shape index (κ2) is 10.4. The molecule has 36 heavy (non-hydrogen) atoms. The molecule has 0 aliphatic heterocycles. The molecule has 1 atom stereocenters. The van der Waals surface area contributed by atoms with E-state index in [4.69, 9.17) is 5.11 Å². The minimum Gasteiger partial charge on any atom is -0.481 e. The molecule has 2 aromatic heterocycles. The molecule has 0 radical (unpaired) electrons. The lowest BCUT2D eigenvalue weighted by atomic mass is 9.77. The Labute approximate surface area is 211 Å². The molecular formula is C30H31N3O3. The van der Waals surface area contributed by atoms with E-state index in [1.54, 1.807) is 6.20 Å². The van der Waals surface area contributed by atoms with Gasteiger partial charge in [-0.15, -0.1) is 0 Å². The smallest absolute Gasteiger partial charge is 0.303 e. The van der Waals surface area contributed by atoms with Gasteiger partial charge in [-0.25, -0.2) is 4.98 Å². The number of aromatic nitrogens is 2. The SMILES string of the molecule is CC(NC(=O)c1cn2cc(-c3ccc(C4CCC(CC(=O)O)CC4)cc3)ccc2n1)c1ccccc1. The maximum Gasteiger partial charge on any atom is 0.303 e. The van der Waals surface area contributed by atoms with Crippen molar-refractivity contribution in [1.82, 2.24) is 14.7 Å². The molecule has 1 fully saturated rings. The van der Waals surface area contributed by atoms with Crippen LogP contribution in [0.3, 0.4) is 0 Å². The van der Waals surface area contributed by atoms with Crippen LogP contribution < -0.4 is 5.32 Å². The molecule has 0 bridgehead atoms. The van der Waals surface area contributed by atoms with Gasteiger partial charge in [0, 0.05) is 18.8 Å². The lowest BCUT2D eigenvalue weighted by Crippen LogP contribution is -2.26. The molecule has 1 aliphatic carbocycles. The number of imidazole rings is 1. The summed E-state index contributed by atoms with van der Waals surface area (Å²) in [6, 6.07) is 22.4. The summed E-state index contributed by atoms with van der Waals surface area (Å²) in [5.41, 5.74) is 5.66. The number of amides is 1. The van der Waals surface area contributed by atoms with Crippen LogP contribution >= 0.6 is 0 Å². The van der Waals surface area contributed by atoms with Crippen molar-refractivity contribution in [1.29, 1.82) is 0 Å². The predicted octanol–water partition coefficient (Wildman–Crippen LogP) is 6.24. The van der Waals surface area contributed by atoms with Crippen molar-refractivity contribution >= 4 is 17.5 Å². The third kappa shape index (κ3) is 5.33. The fourth-order valence-corrected chi connectivity index (χ4v) is 5.26. The summed E-state index contributed by atoms with van der Waals surface area (Å²) in [6.07, 6.45) is 8.13. The normalized spacial score (nSPS) is 18.6. The highest BCUT2D eigenvalue weighted by atomic mass is 16.4. The summed E-state index contributed by atoms with van der Waals surface area (Å²) >= 11 is 0. The van der Waals surface area contributed by atoms with E-state index in [2.05, 4.69) is 34.6 Å². The van der Waals surface area contributed by atoms with Crippen LogP contribution in [0.25, 0.3) is 16.8 Å². The van der Waals surface area contributed by atoms with E-state index in [0.717, 1.165) is 48.0 Å². The average molecular weight is 482 g/mol. The van der Waals surface area contributed by atoms with Crippen molar-refractivity contribution in [2.45, 2.75) is 51.0 Å². The van der Waals surface area contributed by atoms with Crippen LogP contribution in [-0.2, 0) is 4.79 Å². The molecule has 4 aromatic rings. The quantitative estimate of drug-likeness (QED) is 0.327. The number of hydrogen-bond acceptors (Lipinski definition) is 3. The number of carboxylic acid groups (broad SMARTS) is 1. The number of nitrogens with zero attached hydrogens (tertiary/aromatic N) is 2. The zero-order valence-corrected chi connectivity index (χ0v) is 20.4. The largest absolute Gasteiger partial charge is 0.481 e. The van der Waals surface area contributed by atoms with Crippen LogP contribution in [0, 0.1) is 5.92 Å². The molecule has 1 amide bonds. The van der Waals surface area contributed by atoms with Gasteiger partial charge in [0.25, 0.3) is 5.91 Å². The molecule has 5 rings (SSSR count). The topological polar surface area (TPSA) is 83.7 Å². The van der Waals surface area contributed by atoms with Crippen molar-refractivity contribution in [2.75, 3.05) is 0 Å². The number of carboxylic acids is 1. The Morgan fingerprint density at radius 3 is 2.33 bits per heavy atom. The lowest BCUT2D eigenvalue weighted by Gasteiger charge is -2.28. The first-order chi connectivity index (χ1) is 17.5. The maximum atomic E-state index is 12.8. The Hall–Kier alpha value is -3.93. The molecule has 0 saturated heterocycles. The highest BCUT2D eigenvalue weighted by molar-refractivity contribution is 5.93. The van der Waals surface area contributed by atoms with Crippen LogP contribution in [0.15, 0.2) is 79.1 Å². The van der Waals surface area contributed by atoms with Gasteiger partial charge in [-0.05, 0) is 78.8 Å². The van der Waals surface area contributed by atoms with E-state index in [9.17, 15) is 9.59 Å². The van der Waals surface area contributed by atoms with Crippen molar-refractivity contribution in [3.63, 3.8) is 0 Å². The first kappa shape index (κ1) is 23.8. The average Bonchev–Trinajstić information content (AvgIpc) is 3.33. The van der Waals surface area contributed by atoms with E-state index in [-0.39, 0.29) is 18.4 Å². The van der Waals surface area contributed by atoms with Crippen LogP contribution in [0.2, 0.25) is 0 Å². The standard InChI is InChI=1S/C30H31N3O3/c1-20(22-5-3-2-4-6-22)31-30(36)27-19-33-18-26(15-16-28(33)32-27)25-13-11-24(12-14-25)23-9-7-21(8-10-23)17-29(34)35/h2-6,11-16,18-21,23H,7-10,17H2,1H3,(H,31,36)(H,34,35). The molecular weight excluding hydrogens is 450 g/mol. The van der Waals surface area contributed by atoms with Gasteiger partial charge in [0.1, 0.15) is 11.3 Å². The van der Waals surface area contributed by atoms with Gasteiger partial charge in [-0.3, -0.25) is 9.59 Å². The third-order valence-electron chi connectivity index (χ3n) is 7.36. The highest BCUT2D eigenvalue weighted by Gasteiger charge is 2.24. The van der Waals surface area contributed by atoms with Crippen LogP contribution in [0.4, 0.5) is 0 Å². The maximum absolute atomic E-state index is 12.8. The summed E-state index contributed by atoms with van der Waals surface area (Å²) in [7, 11) is 0. The number of aliphatic carboxylic acids is 1. The molecule has 6 heteroatoms. The number of carbonyl (C=O) groups is 2. The molecule has 0 spiro atoms. The zero-order valence-electron chi connectivity index (χ0n) is 20.4. The number of rotatable bonds is 7. The summed E-state index contributed by atoms with van der Waals surface area (Å²) < 4.78 is 1.90. The van der Waals surface area contributed by atoms with Gasteiger partial charge in [0.2, 0.25) is 0 Å². The highest BCUT2D eigenvalue weighted by Crippen LogP contribution is 2.37. The summed E-state index contributed by atoms with van der Waals surface area (Å²) in [5, 5.41) is 12.1. The second-order valence-corrected chi connectivity index (χ2v) is 9.85. The molecule has 1 aliphatic rings. The molecule has 2 aromatic carbocycles. The summed E-state index contributed by atoms with van der Waals surface area (Å²) in [4.78, 5) is 28.3. The van der Waals surface area contributed by atoms with Gasteiger partial charge >= 0.3 is 5.97 Å². The Morgan fingerprint density at radius 1 is 0.944 bits per heavy atom. The number of pyridine rings is 1. The van der Waals surface area contributed by atoms with Gasteiger partial charge in [0.05, 0.1) is 6.04 Å². The minimum absolute atomic E-state index is 0.107. The molecule has 2 heterocycles. The molecule has 1 unspecified atom stereocenters. The van der Waals surface area contributed by atoms with E-state index in [1.165, 1.54) is 5.56 Å². The zero-order chi connectivity index (χ0) is 25.1. The molecule has 184 valence electrons. The van der Waals surface area contributed by atoms with Crippen molar-refractivity contribution in [3.8, 4) is 11.1 Å². The number of hydrogen-bond donors (Lipinski definition) is 2. The van der Waals surface area contributed by atoms with Crippen molar-refractivity contribution in [2.24, 2.45) is 5.92 Å². The predicted molar refractivity (Wildman–Crippen MR) is 140 cm³/mol. The van der Waals surface area contributed by atoms with Crippen LogP contribution in [0.1, 0.15) is 72.6 Å². The third-order valence-corrected chi connectivity index (χ3v) is 7.36. The van der Waals surface area contributed by atoms with E-state index in [0.29, 0.717) is 17.5 Å². The number of fused-ring (bicyclic) bond motifs is 1. The molecule has 6 nitrogen and oxygen atoms in total. The molecule has 1 saturated carbocycles. The first-order valence-corrected chi connectivity index (χ1v) is 12.6. The van der Waals surface area contributed by atoms with Crippen molar-refractivity contribution < 1.29 is 14.7 Å². The van der Waals surface area contributed by atoms with E-state index >= 15 is 0 Å². The number of nitrogens with one attached hydrogen (secondary N) is 1. The van der Waals surface area contributed by atoms with E-state index < -0.39 is 5.97 Å². The summed E-state index contributed by atoms with van der Waals surface area (Å²) in [6.45, 7) is 1.96. The lowest BCUT2D eigenvalue weighted by molar-refractivity contribution is -0.138. The second-order valence-electron chi connectivity index (χ2n) is 9.85. The van der Waals surface area contributed by atoms with Gasteiger partial charge in [0.15, 0.2) is 0 Å². The Morgan fingerprint density at radius 2 is 1.64 bits per heavy atom. The fraction of sp³-hybridized carbons (Fsp3) is 0.300. The minimum atomic E-state index is -0.688. The van der Waals surface area contributed by atoms with Crippen LogP contribution in [0.5, 0.6) is 0 Å². The Kier molecular flexibility index (Phi) is 6.85. The number of benzene rings is 2. The van der Waals surface area contributed by atoms with E-state index in [1.807, 2.05) is 60.0 Å². The van der Waals surface area contributed by atoms with Crippen molar-refractivity contribution in [3.05, 3.63) is 95.9 Å². The Balaban J connectivity index is 1.26. The van der Waals surface area contributed by atoms with Gasteiger partial charge in [-0.2, -0.15) is 0 Å². The Bertz CT molecular complexity index is 1350.